The van der Waals surface area contributed by atoms with Gasteiger partial charge in [-0.1, -0.05) is 11.6 Å². The highest BCUT2D eigenvalue weighted by Gasteiger charge is 2.41. The van der Waals surface area contributed by atoms with Gasteiger partial charge >= 0.3 is 5.97 Å². The molecule has 2 aromatic rings. The van der Waals surface area contributed by atoms with E-state index < -0.39 is 11.6 Å². The van der Waals surface area contributed by atoms with Crippen molar-refractivity contribution in [1.29, 1.82) is 0 Å². The zero-order valence-electron chi connectivity index (χ0n) is 15.8. The predicted molar refractivity (Wildman–Crippen MR) is 101 cm³/mol. The average Bonchev–Trinajstić information content (AvgIpc) is 3.29. The Hall–Kier alpha value is -2.08. The van der Waals surface area contributed by atoms with E-state index in [2.05, 4.69) is 10.1 Å². The van der Waals surface area contributed by atoms with Crippen molar-refractivity contribution in [3.05, 3.63) is 35.1 Å². The molecular formula is C20H24ClN3O3. The second kappa shape index (κ2) is 6.82. The number of pyridine rings is 1. The van der Waals surface area contributed by atoms with Crippen molar-refractivity contribution in [2.45, 2.75) is 58.2 Å². The Labute approximate surface area is 163 Å². The van der Waals surface area contributed by atoms with E-state index in [1.807, 2.05) is 26.8 Å². The molecule has 0 radical (unpaired) electrons. The Morgan fingerprint density at radius 3 is 2.67 bits per heavy atom. The SMILES string of the molecule is CC(C)(C)OC(=O)c1ccc(-n2ccc(OC3C[C@H]4CC[C@@H]3C4)n2)nc1Cl. The van der Waals surface area contributed by atoms with Gasteiger partial charge in [0.15, 0.2) is 5.82 Å². The number of hydrogen-bond acceptors (Lipinski definition) is 5. The molecule has 6 nitrogen and oxygen atoms in total. The number of hydrogen-bond donors (Lipinski definition) is 0. The summed E-state index contributed by atoms with van der Waals surface area (Å²) in [6.45, 7) is 5.42. The maximum atomic E-state index is 12.2. The smallest absolute Gasteiger partial charge is 0.341 e. The van der Waals surface area contributed by atoms with E-state index in [0.29, 0.717) is 17.6 Å². The zero-order valence-corrected chi connectivity index (χ0v) is 16.6. The fourth-order valence-corrected chi connectivity index (χ4v) is 4.25. The summed E-state index contributed by atoms with van der Waals surface area (Å²) in [5, 5.41) is 4.55. The molecule has 0 saturated heterocycles. The van der Waals surface area contributed by atoms with Crippen LogP contribution < -0.4 is 4.74 Å². The third-order valence-electron chi connectivity index (χ3n) is 5.20. The van der Waals surface area contributed by atoms with E-state index in [-0.39, 0.29) is 16.8 Å². The summed E-state index contributed by atoms with van der Waals surface area (Å²) in [5.74, 6) is 2.12. The van der Waals surface area contributed by atoms with Gasteiger partial charge in [-0.2, -0.15) is 0 Å². The summed E-state index contributed by atoms with van der Waals surface area (Å²) in [6.07, 6.45) is 7.08. The summed E-state index contributed by atoms with van der Waals surface area (Å²) in [7, 11) is 0. The highest BCUT2D eigenvalue weighted by atomic mass is 35.5. The van der Waals surface area contributed by atoms with Gasteiger partial charge in [0.2, 0.25) is 5.88 Å². The Bertz CT molecular complexity index is 858. The quantitative estimate of drug-likeness (QED) is 0.571. The van der Waals surface area contributed by atoms with Gasteiger partial charge in [0.1, 0.15) is 16.9 Å². The molecule has 27 heavy (non-hydrogen) atoms. The summed E-state index contributed by atoms with van der Waals surface area (Å²) < 4.78 is 13.0. The molecule has 0 N–H and O–H groups in total. The van der Waals surface area contributed by atoms with E-state index in [0.717, 1.165) is 12.3 Å². The first kappa shape index (κ1) is 18.3. The summed E-state index contributed by atoms with van der Waals surface area (Å²) in [5.41, 5.74) is -0.353. The van der Waals surface area contributed by atoms with E-state index in [1.54, 1.807) is 23.0 Å². The number of ether oxygens (including phenoxy) is 2. The molecule has 2 aliphatic carbocycles. The minimum Gasteiger partial charge on any atom is -0.473 e. The Morgan fingerprint density at radius 2 is 2.04 bits per heavy atom. The zero-order chi connectivity index (χ0) is 19.2. The first-order valence-corrected chi connectivity index (χ1v) is 9.79. The molecule has 144 valence electrons. The predicted octanol–water partition coefficient (Wildman–Crippen LogP) is 4.44. The van der Waals surface area contributed by atoms with Crippen molar-refractivity contribution >= 4 is 17.6 Å². The number of esters is 1. The molecule has 3 atom stereocenters. The molecule has 2 bridgehead atoms. The number of nitrogens with zero attached hydrogens (tertiary/aromatic N) is 3. The molecule has 1 unspecified atom stereocenters. The van der Waals surface area contributed by atoms with Gasteiger partial charge in [-0.15, -0.1) is 5.10 Å². The molecule has 2 aromatic heterocycles. The highest BCUT2D eigenvalue weighted by Crippen LogP contribution is 2.45. The van der Waals surface area contributed by atoms with Crippen molar-refractivity contribution in [3.8, 4) is 11.7 Å². The van der Waals surface area contributed by atoms with E-state index in [4.69, 9.17) is 21.1 Å². The Morgan fingerprint density at radius 1 is 1.22 bits per heavy atom. The van der Waals surface area contributed by atoms with E-state index >= 15 is 0 Å². The fourth-order valence-electron chi connectivity index (χ4n) is 4.02. The van der Waals surface area contributed by atoms with Gasteiger partial charge in [-0.05, 0) is 70.4 Å². The maximum absolute atomic E-state index is 12.2. The average molecular weight is 390 g/mol. The van der Waals surface area contributed by atoms with Crippen LogP contribution in [0.3, 0.4) is 0 Å². The van der Waals surface area contributed by atoms with Gasteiger partial charge in [0.05, 0.1) is 5.56 Å². The number of halogens is 1. The summed E-state index contributed by atoms with van der Waals surface area (Å²) >= 11 is 6.21. The molecule has 0 spiro atoms. The van der Waals surface area contributed by atoms with Crippen LogP contribution >= 0.6 is 11.6 Å². The van der Waals surface area contributed by atoms with Crippen LogP contribution in [-0.4, -0.2) is 32.4 Å². The van der Waals surface area contributed by atoms with E-state index in [1.165, 1.54) is 19.3 Å². The van der Waals surface area contributed by atoms with Crippen LogP contribution in [0.25, 0.3) is 5.82 Å². The second-order valence-electron chi connectivity index (χ2n) is 8.44. The first-order valence-electron chi connectivity index (χ1n) is 9.41. The van der Waals surface area contributed by atoms with Crippen LogP contribution in [0.15, 0.2) is 24.4 Å². The minimum absolute atomic E-state index is 0.0906. The van der Waals surface area contributed by atoms with Crippen molar-refractivity contribution in [2.75, 3.05) is 0 Å². The van der Waals surface area contributed by atoms with Gasteiger partial charge in [0.25, 0.3) is 0 Å². The van der Waals surface area contributed by atoms with Gasteiger partial charge in [-0.25, -0.2) is 14.5 Å². The maximum Gasteiger partial charge on any atom is 0.341 e. The lowest BCUT2D eigenvalue weighted by Gasteiger charge is -2.21. The van der Waals surface area contributed by atoms with Crippen LogP contribution in [0, 0.1) is 11.8 Å². The topological polar surface area (TPSA) is 66.2 Å². The van der Waals surface area contributed by atoms with Gasteiger partial charge < -0.3 is 9.47 Å². The number of carbonyl (C=O) groups is 1. The Kier molecular flexibility index (Phi) is 4.62. The standard InChI is InChI=1S/C20H24ClN3O3/c1-20(2,3)27-19(25)14-6-7-16(22-18(14)21)24-9-8-17(23-24)26-15-11-12-4-5-13(15)10-12/h6-9,12-13,15H,4-5,10-11H2,1-3H3/t12-,13+,15?/m0/s1. The monoisotopic (exact) mass is 389 g/mol. The minimum atomic E-state index is -0.590. The molecule has 0 amide bonds. The van der Waals surface area contributed by atoms with Gasteiger partial charge in [0, 0.05) is 12.3 Å². The fraction of sp³-hybridized carbons (Fsp3) is 0.550. The number of aromatic nitrogens is 3. The van der Waals surface area contributed by atoms with Crippen molar-refractivity contribution < 1.29 is 14.3 Å². The molecule has 2 fully saturated rings. The number of carbonyl (C=O) groups excluding carboxylic acids is 1. The Balaban J connectivity index is 1.47. The lowest BCUT2D eigenvalue weighted by molar-refractivity contribution is 0.00693. The largest absolute Gasteiger partial charge is 0.473 e. The highest BCUT2D eigenvalue weighted by molar-refractivity contribution is 6.32. The third kappa shape index (κ3) is 3.95. The van der Waals surface area contributed by atoms with Crippen LogP contribution in [0.4, 0.5) is 0 Å². The molecule has 2 saturated carbocycles. The van der Waals surface area contributed by atoms with Crippen LogP contribution in [0.1, 0.15) is 56.8 Å². The molecule has 2 heterocycles. The van der Waals surface area contributed by atoms with Gasteiger partial charge in [-0.3, -0.25) is 0 Å². The molecule has 0 aliphatic heterocycles. The molecule has 0 aromatic carbocycles. The molecule has 2 aliphatic rings. The van der Waals surface area contributed by atoms with Crippen molar-refractivity contribution in [2.24, 2.45) is 11.8 Å². The van der Waals surface area contributed by atoms with Crippen molar-refractivity contribution in [3.63, 3.8) is 0 Å². The van der Waals surface area contributed by atoms with E-state index in [9.17, 15) is 4.79 Å². The second-order valence-corrected chi connectivity index (χ2v) is 8.80. The molecular weight excluding hydrogens is 366 g/mol. The number of fused-ring (bicyclic) bond motifs is 2. The first-order chi connectivity index (χ1) is 12.8. The molecule has 7 heteroatoms. The summed E-state index contributed by atoms with van der Waals surface area (Å²) in [6, 6.07) is 5.14. The van der Waals surface area contributed by atoms with Crippen molar-refractivity contribution in [1.82, 2.24) is 14.8 Å². The summed E-state index contributed by atoms with van der Waals surface area (Å²) in [4.78, 5) is 16.5. The third-order valence-corrected chi connectivity index (χ3v) is 5.49. The van der Waals surface area contributed by atoms with Crippen LogP contribution in [0.2, 0.25) is 5.15 Å². The lowest BCUT2D eigenvalue weighted by Crippen LogP contribution is -2.24. The molecule has 4 rings (SSSR count). The lowest BCUT2D eigenvalue weighted by atomic mass is 9.98. The van der Waals surface area contributed by atoms with Crippen LogP contribution in [-0.2, 0) is 4.74 Å². The van der Waals surface area contributed by atoms with Crippen LogP contribution in [0.5, 0.6) is 5.88 Å². The normalized spacial score (nSPS) is 24.2. The number of rotatable bonds is 4.